The number of fused-ring (bicyclic) bond motifs is 1. The number of aromatic nitrogens is 6. The molecule has 0 spiro atoms. The Morgan fingerprint density at radius 3 is 2.76 bits per heavy atom. The van der Waals surface area contributed by atoms with Gasteiger partial charge in [-0.1, -0.05) is 0 Å². The molecule has 3 aromatic heterocycles. The van der Waals surface area contributed by atoms with Crippen LogP contribution in [-0.2, 0) is 11.2 Å². The van der Waals surface area contributed by atoms with Gasteiger partial charge in [-0.05, 0) is 67.1 Å². The van der Waals surface area contributed by atoms with Gasteiger partial charge in [0.2, 0.25) is 5.82 Å². The van der Waals surface area contributed by atoms with E-state index in [9.17, 15) is 4.79 Å². The Morgan fingerprint density at radius 1 is 1.26 bits per heavy atom. The second-order valence-corrected chi connectivity index (χ2v) is 8.52. The summed E-state index contributed by atoms with van der Waals surface area (Å²) in [6.07, 6.45) is 3.70. The number of nitrogens with one attached hydrogen (secondary N) is 1. The highest BCUT2D eigenvalue weighted by Gasteiger charge is 2.28. The molecule has 4 aromatic rings. The summed E-state index contributed by atoms with van der Waals surface area (Å²) in [5, 5.41) is 13.3. The van der Waals surface area contributed by atoms with Gasteiger partial charge in [0.25, 0.3) is 0 Å². The van der Waals surface area contributed by atoms with Gasteiger partial charge in [0.05, 0.1) is 24.1 Å². The highest BCUT2D eigenvalue weighted by molar-refractivity contribution is 5.71. The number of hydrogen-bond acceptors (Lipinski definition) is 6. The normalized spacial score (nSPS) is 16.2. The number of ether oxygens (including phenoxy) is 1. The summed E-state index contributed by atoms with van der Waals surface area (Å²) in [4.78, 5) is 18.3. The quantitative estimate of drug-likeness (QED) is 0.490. The molecule has 176 valence electrons. The van der Waals surface area contributed by atoms with E-state index < -0.39 is 11.6 Å². The molecule has 9 nitrogen and oxygen atoms in total. The molecule has 0 saturated carbocycles. The van der Waals surface area contributed by atoms with Crippen LogP contribution >= 0.6 is 0 Å². The third-order valence-electron chi connectivity index (χ3n) is 6.20. The summed E-state index contributed by atoms with van der Waals surface area (Å²) in [5.74, 6) is -1.33. The number of aryl methyl sites for hydroxylation is 1. The zero-order valence-corrected chi connectivity index (χ0v) is 18.8. The van der Waals surface area contributed by atoms with E-state index in [1.807, 2.05) is 29.7 Å². The van der Waals surface area contributed by atoms with Crippen LogP contribution in [-0.4, -0.2) is 61.2 Å². The number of benzene rings is 1. The molecule has 0 radical (unpaired) electrons. The van der Waals surface area contributed by atoms with E-state index >= 15 is 8.78 Å². The van der Waals surface area contributed by atoms with E-state index in [2.05, 4.69) is 25.6 Å². The molecular weight excluding hydrogens is 444 g/mol. The number of methoxy groups -OCH3 is 1. The van der Waals surface area contributed by atoms with Crippen molar-refractivity contribution < 1.29 is 18.3 Å². The Kier molecular flexibility index (Phi) is 5.68. The van der Waals surface area contributed by atoms with Crippen molar-refractivity contribution in [3.63, 3.8) is 0 Å². The number of piperidine rings is 1. The number of aromatic amines is 1. The van der Waals surface area contributed by atoms with Gasteiger partial charge in [-0.3, -0.25) is 0 Å². The number of likely N-dealkylation sites (tertiary alicyclic amines) is 1. The average Bonchev–Trinajstić information content (AvgIpc) is 3.47. The summed E-state index contributed by atoms with van der Waals surface area (Å²) in [7, 11) is 1.36. The van der Waals surface area contributed by atoms with Crippen LogP contribution in [0.1, 0.15) is 24.1 Å². The first kappa shape index (κ1) is 21.9. The molecule has 1 unspecified atom stereocenters. The van der Waals surface area contributed by atoms with Crippen LogP contribution in [0.2, 0.25) is 0 Å². The van der Waals surface area contributed by atoms with Crippen molar-refractivity contribution in [1.29, 1.82) is 0 Å². The Labute approximate surface area is 193 Å². The van der Waals surface area contributed by atoms with Crippen molar-refractivity contribution >= 4 is 11.7 Å². The first-order chi connectivity index (χ1) is 16.4. The number of pyridine rings is 1. The summed E-state index contributed by atoms with van der Waals surface area (Å²) in [5.41, 5.74) is 2.50. The third kappa shape index (κ3) is 3.97. The van der Waals surface area contributed by atoms with Crippen LogP contribution in [0.5, 0.6) is 0 Å². The Balaban J connectivity index is 1.58. The van der Waals surface area contributed by atoms with Crippen molar-refractivity contribution in [3.05, 3.63) is 53.4 Å². The van der Waals surface area contributed by atoms with Crippen LogP contribution in [0.3, 0.4) is 0 Å². The molecule has 1 aliphatic rings. The molecule has 1 fully saturated rings. The number of nitrogens with zero attached hydrogens (tertiary/aromatic N) is 6. The first-order valence-corrected chi connectivity index (χ1v) is 11.0. The van der Waals surface area contributed by atoms with Crippen LogP contribution in [0, 0.1) is 24.5 Å². The monoisotopic (exact) mass is 467 g/mol. The van der Waals surface area contributed by atoms with Crippen LogP contribution in [0.4, 0.5) is 13.6 Å². The summed E-state index contributed by atoms with van der Waals surface area (Å²) in [6.45, 7) is 3.07. The Bertz CT molecular complexity index is 1330. The lowest BCUT2D eigenvalue weighted by molar-refractivity contribution is 0.102. The second kappa shape index (κ2) is 8.81. The van der Waals surface area contributed by atoms with Crippen molar-refractivity contribution in [1.82, 2.24) is 34.9 Å². The van der Waals surface area contributed by atoms with E-state index in [-0.39, 0.29) is 34.7 Å². The number of amides is 1. The molecule has 0 aliphatic carbocycles. The minimum absolute atomic E-state index is 0.0949. The third-order valence-corrected chi connectivity index (χ3v) is 6.20. The second-order valence-electron chi connectivity index (χ2n) is 8.52. The lowest BCUT2D eigenvalue weighted by atomic mass is 9.92. The molecule has 1 N–H and O–H groups in total. The SMILES string of the molecule is COC(=O)N1CCCC(Cc2c(-c3c(F)cc(-c4nn[nH]n4)cc3F)nc3cc(C)ccn23)C1. The number of rotatable bonds is 4. The molecule has 1 amide bonds. The molecule has 1 saturated heterocycles. The molecule has 0 bridgehead atoms. The molecule has 1 aliphatic heterocycles. The number of carbonyl (C=O) groups is 1. The van der Waals surface area contributed by atoms with Crippen LogP contribution in [0.15, 0.2) is 30.5 Å². The van der Waals surface area contributed by atoms with E-state index in [0.29, 0.717) is 30.9 Å². The van der Waals surface area contributed by atoms with Gasteiger partial charge in [-0.15, -0.1) is 10.2 Å². The number of carbonyl (C=O) groups excluding carboxylic acids is 1. The van der Waals surface area contributed by atoms with E-state index in [0.717, 1.165) is 18.4 Å². The number of halogens is 2. The van der Waals surface area contributed by atoms with E-state index in [4.69, 9.17) is 4.74 Å². The van der Waals surface area contributed by atoms with Gasteiger partial charge in [-0.2, -0.15) is 5.21 Å². The summed E-state index contributed by atoms with van der Waals surface area (Å²) < 4.78 is 37.4. The number of hydrogen-bond donors (Lipinski definition) is 1. The number of imidazole rings is 1. The highest BCUT2D eigenvalue weighted by atomic mass is 19.1. The summed E-state index contributed by atoms with van der Waals surface area (Å²) in [6, 6.07) is 6.16. The van der Waals surface area contributed by atoms with Gasteiger partial charge in [-0.25, -0.2) is 18.6 Å². The number of tetrazole rings is 1. The minimum Gasteiger partial charge on any atom is -0.453 e. The Hall–Kier alpha value is -3.89. The van der Waals surface area contributed by atoms with Crippen molar-refractivity contribution in [3.8, 4) is 22.6 Å². The zero-order valence-electron chi connectivity index (χ0n) is 18.8. The van der Waals surface area contributed by atoms with E-state index in [1.54, 1.807) is 4.90 Å². The van der Waals surface area contributed by atoms with Gasteiger partial charge in [0.15, 0.2) is 0 Å². The fraction of sp³-hybridized carbons (Fsp3) is 0.348. The predicted octanol–water partition coefficient (Wildman–Crippen LogP) is 3.79. The first-order valence-electron chi connectivity index (χ1n) is 11.0. The maximum Gasteiger partial charge on any atom is 0.409 e. The molecule has 11 heteroatoms. The highest BCUT2D eigenvalue weighted by Crippen LogP contribution is 2.34. The fourth-order valence-electron chi connectivity index (χ4n) is 4.61. The smallest absolute Gasteiger partial charge is 0.409 e. The van der Waals surface area contributed by atoms with Gasteiger partial charge in [0, 0.05) is 24.8 Å². The molecule has 1 atom stereocenters. The van der Waals surface area contributed by atoms with E-state index in [1.165, 1.54) is 19.2 Å². The molecular formula is C23H23F2N7O2. The standard InChI is InChI=1S/C23H23F2N7O2/c1-13-5-7-32-18(9-14-4-3-6-31(12-14)23(33)34-2)21(26-19(32)8-13)20-16(24)10-15(11-17(20)25)22-27-29-30-28-22/h5,7-8,10-11,14H,3-4,6,9,12H2,1-2H3,(H,27,28,29,30). The lowest BCUT2D eigenvalue weighted by Gasteiger charge is -2.31. The van der Waals surface area contributed by atoms with Crippen LogP contribution in [0.25, 0.3) is 28.3 Å². The fourth-order valence-corrected chi connectivity index (χ4v) is 4.61. The number of H-pyrrole nitrogens is 1. The lowest BCUT2D eigenvalue weighted by Crippen LogP contribution is -2.40. The molecule has 4 heterocycles. The minimum atomic E-state index is -0.763. The van der Waals surface area contributed by atoms with Crippen molar-refractivity contribution in [2.24, 2.45) is 5.92 Å². The topological polar surface area (TPSA) is 101 Å². The molecule has 1 aromatic carbocycles. The maximum atomic E-state index is 15.3. The van der Waals surface area contributed by atoms with Gasteiger partial charge in [0.1, 0.15) is 17.3 Å². The largest absolute Gasteiger partial charge is 0.453 e. The van der Waals surface area contributed by atoms with Crippen molar-refractivity contribution in [2.75, 3.05) is 20.2 Å². The zero-order chi connectivity index (χ0) is 23.8. The average molecular weight is 467 g/mol. The molecule has 34 heavy (non-hydrogen) atoms. The maximum absolute atomic E-state index is 15.3. The van der Waals surface area contributed by atoms with Gasteiger partial charge >= 0.3 is 6.09 Å². The Morgan fingerprint density at radius 2 is 2.06 bits per heavy atom. The summed E-state index contributed by atoms with van der Waals surface area (Å²) >= 11 is 0. The van der Waals surface area contributed by atoms with Crippen LogP contribution < -0.4 is 0 Å². The van der Waals surface area contributed by atoms with Gasteiger partial charge < -0.3 is 14.0 Å². The molecule has 5 rings (SSSR count). The predicted molar refractivity (Wildman–Crippen MR) is 119 cm³/mol. The van der Waals surface area contributed by atoms with Crippen molar-refractivity contribution in [2.45, 2.75) is 26.2 Å².